The lowest BCUT2D eigenvalue weighted by atomic mass is 10.1. The summed E-state index contributed by atoms with van der Waals surface area (Å²) in [5, 5.41) is 4.86. The van der Waals surface area contributed by atoms with Crippen LogP contribution in [-0.4, -0.2) is 29.1 Å². The van der Waals surface area contributed by atoms with Crippen LogP contribution in [0, 0.1) is 0 Å². The van der Waals surface area contributed by atoms with E-state index in [2.05, 4.69) is 20.9 Å². The number of carbonyl (C=O) groups excluding carboxylic acids is 1. The third-order valence-electron chi connectivity index (χ3n) is 4.37. The lowest BCUT2D eigenvalue weighted by Crippen LogP contribution is -2.32. The molecule has 7 heteroatoms. The van der Waals surface area contributed by atoms with Crippen LogP contribution in [0.25, 0.3) is 0 Å². The van der Waals surface area contributed by atoms with Gasteiger partial charge in [-0.3, -0.25) is 9.91 Å². The number of fused-ring (bicyclic) bond motifs is 1. The van der Waals surface area contributed by atoms with E-state index in [0.717, 1.165) is 35.2 Å². The molecule has 0 aliphatic carbocycles. The van der Waals surface area contributed by atoms with Crippen molar-refractivity contribution >= 4 is 50.9 Å². The first-order chi connectivity index (χ1) is 11.6. The summed E-state index contributed by atoms with van der Waals surface area (Å²) in [4.78, 5) is 14.7. The molecule has 2 aromatic carbocycles. The average Bonchev–Trinajstić information content (AvgIpc) is 3.14. The van der Waals surface area contributed by atoms with Crippen molar-refractivity contribution in [3.63, 3.8) is 0 Å². The van der Waals surface area contributed by atoms with E-state index in [4.69, 9.17) is 23.2 Å². The summed E-state index contributed by atoms with van der Waals surface area (Å²) in [6, 6.07) is 13.3. The number of nitrogens with zero attached hydrogens (tertiary/aromatic N) is 3. The van der Waals surface area contributed by atoms with Crippen LogP contribution in [0.4, 0.5) is 10.5 Å². The van der Waals surface area contributed by atoms with E-state index in [1.165, 1.54) is 0 Å². The Labute approximate surface area is 158 Å². The second-order valence-corrected chi connectivity index (χ2v) is 7.55. The Kier molecular flexibility index (Phi) is 4.21. The van der Waals surface area contributed by atoms with Crippen LogP contribution in [0.1, 0.15) is 18.2 Å². The van der Waals surface area contributed by atoms with Crippen molar-refractivity contribution < 1.29 is 4.79 Å². The molecule has 1 unspecified atom stereocenters. The number of halogens is 3. The molecule has 2 saturated heterocycles. The quantitative estimate of drug-likeness (QED) is 0.649. The second-order valence-electron chi connectivity index (χ2n) is 5.82. The predicted molar refractivity (Wildman–Crippen MR) is 99.2 cm³/mol. The number of hydrogen-bond acceptors (Lipinski definition) is 2. The van der Waals surface area contributed by atoms with Gasteiger partial charge in [-0.05, 0) is 42.3 Å². The molecule has 0 spiro atoms. The van der Waals surface area contributed by atoms with E-state index in [0.29, 0.717) is 10.0 Å². The van der Waals surface area contributed by atoms with E-state index >= 15 is 0 Å². The Hall–Kier alpha value is -1.27. The highest BCUT2D eigenvalue weighted by Gasteiger charge is 2.47. The summed E-state index contributed by atoms with van der Waals surface area (Å²) in [6.45, 7) is 1.59. The Morgan fingerprint density at radius 3 is 2.46 bits per heavy atom. The van der Waals surface area contributed by atoms with Gasteiger partial charge in [-0.15, -0.1) is 0 Å². The molecular formula is C17H14BrCl2N3O. The fourth-order valence-electron chi connectivity index (χ4n) is 3.30. The van der Waals surface area contributed by atoms with Crippen LogP contribution in [0.3, 0.4) is 0 Å². The maximum absolute atomic E-state index is 13.0. The summed E-state index contributed by atoms with van der Waals surface area (Å²) in [5.74, 6) is 0. The topological polar surface area (TPSA) is 26.8 Å². The van der Waals surface area contributed by atoms with E-state index in [1.54, 1.807) is 17.0 Å². The number of hydrazine groups is 1. The molecule has 0 aromatic heterocycles. The van der Waals surface area contributed by atoms with Crippen LogP contribution in [0.15, 0.2) is 46.9 Å². The highest BCUT2D eigenvalue weighted by molar-refractivity contribution is 9.10. The lowest BCUT2D eigenvalue weighted by Gasteiger charge is -2.28. The molecule has 0 bridgehead atoms. The van der Waals surface area contributed by atoms with Crippen LogP contribution in [-0.2, 0) is 0 Å². The van der Waals surface area contributed by atoms with Crippen molar-refractivity contribution in [1.82, 2.24) is 10.0 Å². The number of rotatable bonds is 2. The fourth-order valence-corrected chi connectivity index (χ4v) is 3.85. The summed E-state index contributed by atoms with van der Waals surface area (Å²) in [5.41, 5.74) is 1.80. The Bertz CT molecular complexity index is 799. The van der Waals surface area contributed by atoms with Crippen molar-refractivity contribution in [3.05, 3.63) is 62.5 Å². The van der Waals surface area contributed by atoms with Gasteiger partial charge < -0.3 is 0 Å². The maximum Gasteiger partial charge on any atom is 0.340 e. The Morgan fingerprint density at radius 2 is 1.75 bits per heavy atom. The maximum atomic E-state index is 13.0. The highest BCUT2D eigenvalue weighted by Crippen LogP contribution is 2.41. The van der Waals surface area contributed by atoms with E-state index in [9.17, 15) is 4.79 Å². The van der Waals surface area contributed by atoms with Crippen LogP contribution < -0.4 is 4.90 Å². The first-order valence-electron chi connectivity index (χ1n) is 7.64. The summed E-state index contributed by atoms with van der Waals surface area (Å²) in [7, 11) is 0. The van der Waals surface area contributed by atoms with Crippen LogP contribution in [0.2, 0.25) is 10.0 Å². The molecule has 2 heterocycles. The van der Waals surface area contributed by atoms with Gasteiger partial charge in [0.25, 0.3) is 0 Å². The third kappa shape index (κ3) is 2.60. The molecule has 24 heavy (non-hydrogen) atoms. The molecule has 124 valence electrons. The van der Waals surface area contributed by atoms with Gasteiger partial charge in [-0.1, -0.05) is 51.3 Å². The van der Waals surface area contributed by atoms with E-state index in [-0.39, 0.29) is 12.2 Å². The monoisotopic (exact) mass is 425 g/mol. The zero-order valence-corrected chi connectivity index (χ0v) is 15.7. The van der Waals surface area contributed by atoms with Crippen molar-refractivity contribution in [2.24, 2.45) is 0 Å². The molecule has 2 fully saturated rings. The SMILES string of the molecule is O=C1N(c2ccc(Cl)c(Cl)c2)C(c2ccc(Br)cc2)N2CCCN12. The zero-order valence-electron chi connectivity index (χ0n) is 12.6. The van der Waals surface area contributed by atoms with Crippen molar-refractivity contribution in [2.45, 2.75) is 12.6 Å². The van der Waals surface area contributed by atoms with Gasteiger partial charge in [0, 0.05) is 23.2 Å². The first kappa shape index (κ1) is 16.2. The minimum absolute atomic E-state index is 0.0289. The number of benzene rings is 2. The molecule has 2 amide bonds. The summed E-state index contributed by atoms with van der Waals surface area (Å²) < 4.78 is 1.01. The van der Waals surface area contributed by atoms with Gasteiger partial charge >= 0.3 is 6.03 Å². The normalized spacial score (nSPS) is 20.8. The average molecular weight is 427 g/mol. The number of hydrogen-bond donors (Lipinski definition) is 0. The number of carbonyl (C=O) groups is 1. The fraction of sp³-hybridized carbons (Fsp3) is 0.235. The minimum Gasteiger partial charge on any atom is -0.271 e. The molecule has 0 saturated carbocycles. The lowest BCUT2D eigenvalue weighted by molar-refractivity contribution is 0.0728. The zero-order chi connectivity index (χ0) is 16.8. The molecule has 4 nitrogen and oxygen atoms in total. The molecule has 1 atom stereocenters. The van der Waals surface area contributed by atoms with Crippen LogP contribution >= 0.6 is 39.1 Å². The largest absolute Gasteiger partial charge is 0.340 e. The molecular weight excluding hydrogens is 413 g/mol. The molecule has 0 N–H and O–H groups in total. The van der Waals surface area contributed by atoms with Crippen LogP contribution in [0.5, 0.6) is 0 Å². The van der Waals surface area contributed by atoms with Crippen molar-refractivity contribution in [1.29, 1.82) is 0 Å². The summed E-state index contributed by atoms with van der Waals surface area (Å²) >= 11 is 15.7. The second kappa shape index (κ2) is 6.23. The van der Waals surface area contributed by atoms with E-state index < -0.39 is 0 Å². The number of anilines is 1. The molecule has 2 aliphatic heterocycles. The third-order valence-corrected chi connectivity index (χ3v) is 5.64. The van der Waals surface area contributed by atoms with Gasteiger partial charge in [-0.2, -0.15) is 5.01 Å². The number of amides is 2. The molecule has 4 rings (SSSR count). The molecule has 0 radical (unpaired) electrons. The standard InChI is InChI=1S/C17H14BrCl2N3O/c18-12-4-2-11(3-5-12)16-21-8-1-9-22(21)17(24)23(16)13-6-7-14(19)15(20)10-13/h2-7,10,16H,1,8-9H2. The molecule has 2 aromatic rings. The van der Waals surface area contributed by atoms with Crippen molar-refractivity contribution in [3.8, 4) is 0 Å². The summed E-state index contributed by atoms with van der Waals surface area (Å²) in [6.07, 6.45) is 0.805. The Balaban J connectivity index is 1.81. The van der Waals surface area contributed by atoms with Gasteiger partial charge in [0.1, 0.15) is 6.17 Å². The Morgan fingerprint density at radius 1 is 1.00 bits per heavy atom. The van der Waals surface area contributed by atoms with Gasteiger partial charge in [-0.25, -0.2) is 4.79 Å². The molecule has 2 aliphatic rings. The highest BCUT2D eigenvalue weighted by atomic mass is 79.9. The van der Waals surface area contributed by atoms with Gasteiger partial charge in [0.2, 0.25) is 0 Å². The van der Waals surface area contributed by atoms with Crippen molar-refractivity contribution in [2.75, 3.05) is 18.0 Å². The number of urea groups is 1. The predicted octanol–water partition coefficient (Wildman–Crippen LogP) is 5.32. The van der Waals surface area contributed by atoms with Gasteiger partial charge in [0.05, 0.1) is 10.0 Å². The minimum atomic E-state index is -0.176. The first-order valence-corrected chi connectivity index (χ1v) is 9.19. The smallest absolute Gasteiger partial charge is 0.271 e. The van der Waals surface area contributed by atoms with E-state index in [1.807, 2.05) is 35.3 Å². The van der Waals surface area contributed by atoms with Gasteiger partial charge in [0.15, 0.2) is 0 Å².